The molecule has 33 heavy (non-hydrogen) atoms. The Morgan fingerprint density at radius 2 is 1.85 bits per heavy atom. The first kappa shape index (κ1) is 22.9. The van der Waals surface area contributed by atoms with Gasteiger partial charge in [0.05, 0.1) is 6.42 Å². The molecule has 8 heteroatoms. The molecule has 1 aliphatic carbocycles. The van der Waals surface area contributed by atoms with E-state index in [0.29, 0.717) is 5.69 Å². The molecular weight excluding hydrogens is 430 g/mol. The molecule has 0 aromatic heterocycles. The third kappa shape index (κ3) is 4.47. The van der Waals surface area contributed by atoms with E-state index in [0.717, 1.165) is 37.0 Å². The van der Waals surface area contributed by atoms with E-state index in [1.54, 1.807) is 4.90 Å². The summed E-state index contributed by atoms with van der Waals surface area (Å²) < 4.78 is 27.3. The Balaban J connectivity index is 1.67. The summed E-state index contributed by atoms with van der Waals surface area (Å²) in [6, 6.07) is 10.3. The topological polar surface area (TPSA) is 86.7 Å². The van der Waals surface area contributed by atoms with Crippen molar-refractivity contribution in [3.8, 4) is 0 Å². The van der Waals surface area contributed by atoms with Gasteiger partial charge in [0.1, 0.15) is 0 Å². The maximum atomic E-state index is 13.9. The lowest BCUT2D eigenvalue weighted by atomic mass is 9.74. The quantitative estimate of drug-likeness (QED) is 0.681. The van der Waals surface area contributed by atoms with E-state index in [1.165, 1.54) is 6.07 Å². The Morgan fingerprint density at radius 3 is 2.58 bits per heavy atom. The molecule has 6 nitrogen and oxygen atoms in total. The highest BCUT2D eigenvalue weighted by Gasteiger charge is 2.47. The van der Waals surface area contributed by atoms with Crippen molar-refractivity contribution in [2.45, 2.75) is 57.0 Å². The summed E-state index contributed by atoms with van der Waals surface area (Å²) in [6.07, 6.45) is 2.21. The minimum absolute atomic E-state index is 0.0588. The molecule has 2 N–H and O–H groups in total. The van der Waals surface area contributed by atoms with Gasteiger partial charge in [-0.2, -0.15) is 0 Å². The summed E-state index contributed by atoms with van der Waals surface area (Å²) in [7, 11) is 0. The molecule has 0 bridgehead atoms. The zero-order valence-electron chi connectivity index (χ0n) is 18.3. The Kier molecular flexibility index (Phi) is 6.44. The third-order valence-corrected chi connectivity index (χ3v) is 6.76. The van der Waals surface area contributed by atoms with Crippen LogP contribution in [0.3, 0.4) is 0 Å². The predicted octanol–water partition coefficient (Wildman–Crippen LogP) is 4.25. The standard InChI is InChI=1S/C25H26F2N2O4/c1-14(28-22(30)11-12-23(31)32)24-16-5-2-3-7-20(16)29(21-8-4-6-17(21)24)25(33)15-9-10-18(26)19(27)13-15/h2-3,5,7,9-10,13-14,17,21,24H,4,6,8,11-12H2,1H3,(H,28,30)(H,31,32). The van der Waals surface area contributed by atoms with Crippen molar-refractivity contribution >= 4 is 23.5 Å². The lowest BCUT2D eigenvalue weighted by Crippen LogP contribution is -2.52. The number of rotatable bonds is 6. The van der Waals surface area contributed by atoms with E-state index in [-0.39, 0.29) is 54.1 Å². The molecule has 1 aliphatic heterocycles. The Morgan fingerprint density at radius 1 is 1.09 bits per heavy atom. The lowest BCUT2D eigenvalue weighted by molar-refractivity contribution is -0.139. The number of nitrogens with zero attached hydrogens (tertiary/aromatic N) is 1. The number of hydrogen-bond acceptors (Lipinski definition) is 3. The summed E-state index contributed by atoms with van der Waals surface area (Å²) in [5.41, 5.74) is 1.69. The summed E-state index contributed by atoms with van der Waals surface area (Å²) in [5, 5.41) is 11.8. The van der Waals surface area contributed by atoms with E-state index in [9.17, 15) is 23.2 Å². The average Bonchev–Trinajstić information content (AvgIpc) is 3.26. The monoisotopic (exact) mass is 456 g/mol. The van der Waals surface area contributed by atoms with E-state index < -0.39 is 17.6 Å². The number of para-hydroxylation sites is 1. The van der Waals surface area contributed by atoms with Crippen LogP contribution in [-0.2, 0) is 9.59 Å². The van der Waals surface area contributed by atoms with Crippen LogP contribution in [0.1, 0.15) is 60.9 Å². The largest absolute Gasteiger partial charge is 0.481 e. The van der Waals surface area contributed by atoms with Gasteiger partial charge in [-0.25, -0.2) is 8.78 Å². The molecule has 4 atom stereocenters. The number of carboxylic acids is 1. The number of amides is 2. The molecular formula is C25H26F2N2O4. The highest BCUT2D eigenvalue weighted by Crippen LogP contribution is 2.50. The number of hydrogen-bond donors (Lipinski definition) is 2. The zero-order valence-corrected chi connectivity index (χ0v) is 18.3. The molecule has 1 fully saturated rings. The van der Waals surface area contributed by atoms with Gasteiger partial charge < -0.3 is 15.3 Å². The van der Waals surface area contributed by atoms with Crippen LogP contribution in [0.15, 0.2) is 42.5 Å². The maximum absolute atomic E-state index is 13.9. The highest BCUT2D eigenvalue weighted by molar-refractivity contribution is 6.07. The first-order valence-electron chi connectivity index (χ1n) is 11.2. The van der Waals surface area contributed by atoms with Gasteiger partial charge in [0, 0.05) is 35.7 Å². The number of nitrogens with one attached hydrogen (secondary N) is 1. The van der Waals surface area contributed by atoms with Gasteiger partial charge in [0.2, 0.25) is 5.91 Å². The van der Waals surface area contributed by atoms with E-state index in [1.807, 2.05) is 31.2 Å². The number of carboxylic acid groups (broad SMARTS) is 1. The number of halogens is 2. The van der Waals surface area contributed by atoms with Gasteiger partial charge >= 0.3 is 5.97 Å². The van der Waals surface area contributed by atoms with Crippen LogP contribution in [0.2, 0.25) is 0 Å². The molecule has 2 aromatic rings. The summed E-state index contributed by atoms with van der Waals surface area (Å²) in [4.78, 5) is 38.3. The van der Waals surface area contributed by atoms with E-state index in [2.05, 4.69) is 5.32 Å². The number of fused-ring (bicyclic) bond motifs is 2. The molecule has 1 saturated carbocycles. The average molecular weight is 456 g/mol. The van der Waals surface area contributed by atoms with Crippen LogP contribution in [0, 0.1) is 17.6 Å². The van der Waals surface area contributed by atoms with Gasteiger partial charge in [-0.05, 0) is 55.5 Å². The van der Waals surface area contributed by atoms with Crippen molar-refractivity contribution in [2.24, 2.45) is 5.92 Å². The molecule has 0 spiro atoms. The summed E-state index contributed by atoms with van der Waals surface area (Å²) in [5.74, 6) is -3.78. The highest BCUT2D eigenvalue weighted by atomic mass is 19.2. The lowest BCUT2D eigenvalue weighted by Gasteiger charge is -2.46. The van der Waals surface area contributed by atoms with Crippen LogP contribution in [-0.4, -0.2) is 35.0 Å². The number of carbonyl (C=O) groups excluding carboxylic acids is 2. The second kappa shape index (κ2) is 9.29. The molecule has 0 radical (unpaired) electrons. The second-order valence-corrected chi connectivity index (χ2v) is 8.80. The van der Waals surface area contributed by atoms with Crippen LogP contribution in [0.5, 0.6) is 0 Å². The fraction of sp³-hybridized carbons (Fsp3) is 0.400. The number of aliphatic carboxylic acids is 1. The van der Waals surface area contributed by atoms with Crippen LogP contribution >= 0.6 is 0 Å². The van der Waals surface area contributed by atoms with Gasteiger partial charge in [-0.1, -0.05) is 24.6 Å². The number of carbonyl (C=O) groups is 3. The summed E-state index contributed by atoms with van der Waals surface area (Å²) >= 11 is 0. The molecule has 2 amide bonds. The van der Waals surface area contributed by atoms with Crippen LogP contribution in [0.4, 0.5) is 14.5 Å². The molecule has 4 rings (SSSR count). The minimum Gasteiger partial charge on any atom is -0.481 e. The molecule has 1 heterocycles. The zero-order chi connectivity index (χ0) is 23.7. The van der Waals surface area contributed by atoms with Crippen molar-refractivity contribution < 1.29 is 28.3 Å². The van der Waals surface area contributed by atoms with Crippen LogP contribution in [0.25, 0.3) is 0 Å². The fourth-order valence-electron chi connectivity index (χ4n) is 5.41. The van der Waals surface area contributed by atoms with Crippen molar-refractivity contribution in [3.63, 3.8) is 0 Å². The van der Waals surface area contributed by atoms with E-state index in [4.69, 9.17) is 5.11 Å². The second-order valence-electron chi connectivity index (χ2n) is 8.80. The molecule has 4 unspecified atom stereocenters. The molecule has 2 aromatic carbocycles. The van der Waals surface area contributed by atoms with Gasteiger partial charge in [0.15, 0.2) is 11.6 Å². The third-order valence-electron chi connectivity index (χ3n) is 6.76. The molecule has 2 aliphatic rings. The first-order valence-corrected chi connectivity index (χ1v) is 11.2. The van der Waals surface area contributed by atoms with Gasteiger partial charge in [0.25, 0.3) is 5.91 Å². The van der Waals surface area contributed by atoms with Crippen LogP contribution < -0.4 is 10.2 Å². The van der Waals surface area contributed by atoms with E-state index >= 15 is 0 Å². The predicted molar refractivity (Wildman–Crippen MR) is 118 cm³/mol. The van der Waals surface area contributed by atoms with Crippen molar-refractivity contribution in [2.75, 3.05) is 4.90 Å². The Hall–Kier alpha value is -3.29. The molecule has 174 valence electrons. The smallest absolute Gasteiger partial charge is 0.303 e. The van der Waals surface area contributed by atoms with Crippen molar-refractivity contribution in [3.05, 3.63) is 65.2 Å². The van der Waals surface area contributed by atoms with Gasteiger partial charge in [-0.15, -0.1) is 0 Å². The fourth-order valence-corrected chi connectivity index (χ4v) is 5.41. The van der Waals surface area contributed by atoms with Crippen molar-refractivity contribution in [1.29, 1.82) is 0 Å². The first-order chi connectivity index (χ1) is 15.8. The summed E-state index contributed by atoms with van der Waals surface area (Å²) in [6.45, 7) is 1.91. The SMILES string of the molecule is CC(NC(=O)CCC(=O)O)C1c2ccccc2N(C(=O)c2ccc(F)c(F)c2)C2CCCC12. The Bertz CT molecular complexity index is 1090. The Labute approximate surface area is 190 Å². The maximum Gasteiger partial charge on any atom is 0.303 e. The minimum atomic E-state index is -1.07. The molecule has 0 saturated heterocycles. The van der Waals surface area contributed by atoms with Crippen molar-refractivity contribution in [1.82, 2.24) is 5.32 Å². The number of anilines is 1. The normalized spacial score (nSPS) is 22.3. The number of benzene rings is 2. The van der Waals surface area contributed by atoms with Gasteiger partial charge in [-0.3, -0.25) is 14.4 Å².